The van der Waals surface area contributed by atoms with Gasteiger partial charge in [-0.25, -0.2) is 9.78 Å². The molecule has 0 aliphatic carbocycles. The van der Waals surface area contributed by atoms with E-state index in [1.807, 2.05) is 12.3 Å². The summed E-state index contributed by atoms with van der Waals surface area (Å²) < 4.78 is 4.73. The fourth-order valence-corrected chi connectivity index (χ4v) is 2.59. The number of hydrogen-bond acceptors (Lipinski definition) is 5. The molecule has 2 aromatic rings. The van der Waals surface area contributed by atoms with Crippen molar-refractivity contribution in [3.8, 4) is 11.3 Å². The van der Waals surface area contributed by atoms with Gasteiger partial charge in [0.1, 0.15) is 10.0 Å². The molecular formula is C11H9ClN2O2S. The topological polar surface area (TPSA) is 52.1 Å². The summed E-state index contributed by atoms with van der Waals surface area (Å²) >= 11 is 7.12. The maximum absolute atomic E-state index is 11.6. The van der Waals surface area contributed by atoms with Crippen LogP contribution in [0.25, 0.3) is 11.3 Å². The number of esters is 1. The number of hydrogen-bond donors (Lipinski definition) is 0. The maximum Gasteiger partial charge on any atom is 0.348 e. The molecule has 0 saturated carbocycles. The predicted molar refractivity (Wildman–Crippen MR) is 66.4 cm³/mol. The average Bonchev–Trinajstić information content (AvgIpc) is 2.70. The van der Waals surface area contributed by atoms with Gasteiger partial charge in [0.2, 0.25) is 0 Å². The molecule has 0 unspecified atom stereocenters. The highest BCUT2D eigenvalue weighted by Crippen LogP contribution is 2.31. The van der Waals surface area contributed by atoms with Gasteiger partial charge in [0.05, 0.1) is 25.2 Å². The molecule has 17 heavy (non-hydrogen) atoms. The third-order valence-corrected chi connectivity index (χ3v) is 3.47. The second kappa shape index (κ2) is 4.81. The molecule has 0 aromatic carbocycles. The van der Waals surface area contributed by atoms with Crippen molar-refractivity contribution in [2.45, 2.75) is 6.92 Å². The first-order valence-corrected chi connectivity index (χ1v) is 6.03. The van der Waals surface area contributed by atoms with Gasteiger partial charge in [0.15, 0.2) is 0 Å². The second-order valence-corrected chi connectivity index (χ2v) is 4.61. The molecule has 0 spiro atoms. The first kappa shape index (κ1) is 12.0. The molecule has 0 N–H and O–H groups in total. The lowest BCUT2D eigenvalue weighted by Crippen LogP contribution is -2.01. The Morgan fingerprint density at radius 2 is 2.24 bits per heavy atom. The van der Waals surface area contributed by atoms with E-state index in [9.17, 15) is 4.79 Å². The molecule has 2 rings (SSSR count). The molecule has 2 heterocycles. The highest BCUT2D eigenvalue weighted by Gasteiger charge is 2.19. The summed E-state index contributed by atoms with van der Waals surface area (Å²) in [6.45, 7) is 1.90. The minimum atomic E-state index is -0.375. The number of rotatable bonds is 2. The number of halogens is 1. The van der Waals surface area contributed by atoms with E-state index >= 15 is 0 Å². The molecule has 0 aliphatic heterocycles. The van der Waals surface area contributed by atoms with Gasteiger partial charge in [0, 0.05) is 5.56 Å². The van der Waals surface area contributed by atoms with Crippen LogP contribution in [0.1, 0.15) is 15.2 Å². The Balaban J connectivity index is 2.58. The van der Waals surface area contributed by atoms with E-state index < -0.39 is 0 Å². The molecule has 6 heteroatoms. The smallest absolute Gasteiger partial charge is 0.348 e. The highest BCUT2D eigenvalue weighted by atomic mass is 35.5. The number of ether oxygens (including phenoxy) is 1. The molecule has 4 nitrogen and oxygen atoms in total. The van der Waals surface area contributed by atoms with E-state index in [4.69, 9.17) is 16.3 Å². The molecule has 88 valence electrons. The van der Waals surface area contributed by atoms with Gasteiger partial charge < -0.3 is 4.74 Å². The van der Waals surface area contributed by atoms with Gasteiger partial charge in [-0.15, -0.1) is 11.3 Å². The third kappa shape index (κ3) is 2.30. The zero-order chi connectivity index (χ0) is 12.4. The summed E-state index contributed by atoms with van der Waals surface area (Å²) in [6, 6.07) is 0. The maximum atomic E-state index is 11.6. The number of thiophene rings is 1. The van der Waals surface area contributed by atoms with Crippen LogP contribution < -0.4 is 0 Å². The van der Waals surface area contributed by atoms with Crippen LogP contribution >= 0.6 is 22.9 Å². The number of aromatic nitrogens is 2. The molecule has 0 bridgehead atoms. The van der Waals surface area contributed by atoms with E-state index in [2.05, 4.69) is 9.97 Å². The van der Waals surface area contributed by atoms with Crippen molar-refractivity contribution in [1.29, 1.82) is 0 Å². The number of carbonyl (C=O) groups excluding carboxylic acids is 1. The van der Waals surface area contributed by atoms with Crippen molar-refractivity contribution in [1.82, 2.24) is 9.97 Å². The standard InChI is InChI=1S/C11H9ClN2O2S/c1-6-5-17-10(11(15)16-2)9(6)7-3-13-4-8(12)14-7/h3-5H,1-2H3. The van der Waals surface area contributed by atoms with Gasteiger partial charge in [-0.1, -0.05) is 11.6 Å². The average molecular weight is 269 g/mol. The number of nitrogens with zero attached hydrogens (tertiary/aromatic N) is 2. The van der Waals surface area contributed by atoms with E-state index in [1.54, 1.807) is 6.20 Å². The lowest BCUT2D eigenvalue weighted by molar-refractivity contribution is 0.0607. The number of carbonyl (C=O) groups is 1. The summed E-state index contributed by atoms with van der Waals surface area (Å²) in [5.74, 6) is -0.375. The van der Waals surface area contributed by atoms with Crippen molar-refractivity contribution in [2.24, 2.45) is 0 Å². The Morgan fingerprint density at radius 3 is 2.88 bits per heavy atom. The quantitative estimate of drug-likeness (QED) is 0.786. The summed E-state index contributed by atoms with van der Waals surface area (Å²) in [5, 5.41) is 2.17. The van der Waals surface area contributed by atoms with E-state index in [0.29, 0.717) is 15.7 Å². The van der Waals surface area contributed by atoms with Crippen LogP contribution in [-0.2, 0) is 4.74 Å². The summed E-state index contributed by atoms with van der Waals surface area (Å²) in [4.78, 5) is 20.2. The van der Waals surface area contributed by atoms with Crippen LogP contribution in [0, 0.1) is 6.92 Å². The molecule has 0 radical (unpaired) electrons. The fraction of sp³-hybridized carbons (Fsp3) is 0.182. The van der Waals surface area contributed by atoms with E-state index in [1.165, 1.54) is 24.6 Å². The minimum Gasteiger partial charge on any atom is -0.465 e. The van der Waals surface area contributed by atoms with Gasteiger partial charge in [-0.05, 0) is 17.9 Å². The molecule has 0 saturated heterocycles. The first-order valence-electron chi connectivity index (χ1n) is 4.77. The first-order chi connectivity index (χ1) is 8.13. The van der Waals surface area contributed by atoms with Gasteiger partial charge >= 0.3 is 5.97 Å². The molecule has 0 amide bonds. The zero-order valence-corrected chi connectivity index (χ0v) is 10.8. The predicted octanol–water partition coefficient (Wildman–Crippen LogP) is 2.95. The number of aryl methyl sites for hydroxylation is 1. The molecule has 0 aliphatic rings. The van der Waals surface area contributed by atoms with Crippen LogP contribution in [0.4, 0.5) is 0 Å². The summed E-state index contributed by atoms with van der Waals surface area (Å²) in [7, 11) is 1.35. The molecule has 0 atom stereocenters. The summed E-state index contributed by atoms with van der Waals surface area (Å²) in [6.07, 6.45) is 3.03. The molecule has 2 aromatic heterocycles. The molecule has 0 fully saturated rings. The largest absolute Gasteiger partial charge is 0.465 e. The van der Waals surface area contributed by atoms with Gasteiger partial charge in [0.25, 0.3) is 0 Å². The fourth-order valence-electron chi connectivity index (χ4n) is 1.47. The van der Waals surface area contributed by atoms with Crippen LogP contribution in [0.3, 0.4) is 0 Å². The Bertz CT molecular complexity index is 568. The zero-order valence-electron chi connectivity index (χ0n) is 9.23. The van der Waals surface area contributed by atoms with Crippen molar-refractivity contribution in [3.63, 3.8) is 0 Å². The van der Waals surface area contributed by atoms with Crippen molar-refractivity contribution < 1.29 is 9.53 Å². The van der Waals surface area contributed by atoms with Crippen LogP contribution in [0.5, 0.6) is 0 Å². The minimum absolute atomic E-state index is 0.295. The highest BCUT2D eigenvalue weighted by molar-refractivity contribution is 7.12. The SMILES string of the molecule is COC(=O)c1scc(C)c1-c1cncc(Cl)n1. The van der Waals surface area contributed by atoms with Crippen LogP contribution in [0.2, 0.25) is 5.15 Å². The van der Waals surface area contributed by atoms with E-state index in [-0.39, 0.29) is 5.97 Å². The summed E-state index contributed by atoms with van der Waals surface area (Å²) in [5.41, 5.74) is 2.26. The molecular weight excluding hydrogens is 260 g/mol. The second-order valence-electron chi connectivity index (χ2n) is 3.34. The van der Waals surface area contributed by atoms with Crippen molar-refractivity contribution in [2.75, 3.05) is 7.11 Å². The Labute approximate surface area is 107 Å². The van der Waals surface area contributed by atoms with Crippen LogP contribution in [-0.4, -0.2) is 23.0 Å². The van der Waals surface area contributed by atoms with E-state index in [0.717, 1.165) is 11.1 Å². The van der Waals surface area contributed by atoms with Crippen LogP contribution in [0.15, 0.2) is 17.8 Å². The monoisotopic (exact) mass is 268 g/mol. The Kier molecular flexibility index (Phi) is 3.40. The third-order valence-electron chi connectivity index (χ3n) is 2.21. The Hall–Kier alpha value is -1.46. The lowest BCUT2D eigenvalue weighted by atomic mass is 10.1. The van der Waals surface area contributed by atoms with Gasteiger partial charge in [-0.3, -0.25) is 4.98 Å². The lowest BCUT2D eigenvalue weighted by Gasteiger charge is -2.03. The van der Waals surface area contributed by atoms with Crippen molar-refractivity contribution >= 4 is 28.9 Å². The Morgan fingerprint density at radius 1 is 1.47 bits per heavy atom. The number of methoxy groups -OCH3 is 1. The van der Waals surface area contributed by atoms with Gasteiger partial charge in [-0.2, -0.15) is 0 Å². The normalized spacial score (nSPS) is 10.3. The van der Waals surface area contributed by atoms with Crippen molar-refractivity contribution in [3.05, 3.63) is 33.4 Å².